The summed E-state index contributed by atoms with van der Waals surface area (Å²) in [5.41, 5.74) is -4.09. The summed E-state index contributed by atoms with van der Waals surface area (Å²) in [6.07, 6.45) is -2.14. The van der Waals surface area contributed by atoms with E-state index in [1.165, 1.54) is 49.8 Å². The minimum absolute atomic E-state index is 0. The number of allylic oxidation sites excluding steroid dienone is 6. The number of aliphatic imine (C=N–C) groups is 4. The second-order valence-corrected chi connectivity index (χ2v) is 24.6. The molecule has 8 bridgehead atoms. The molecule has 0 aromatic heterocycles. The van der Waals surface area contributed by atoms with Crippen molar-refractivity contribution in [2.75, 3.05) is 56.3 Å². The van der Waals surface area contributed by atoms with E-state index >= 15 is 0 Å². The summed E-state index contributed by atoms with van der Waals surface area (Å²) in [5.74, 6) is -7.89. The van der Waals surface area contributed by atoms with Crippen LogP contribution in [0.25, 0.3) is 0 Å². The topological polar surface area (TPSA) is 355 Å². The molecule has 1 saturated heterocycles. The Morgan fingerprint density at radius 2 is 1.11 bits per heavy atom. The van der Waals surface area contributed by atoms with Gasteiger partial charge in [-0.3, -0.25) is 53.5 Å². The molecule has 9 atom stereocenters. The third kappa shape index (κ3) is 16.2. The number of carbonyl (C=O) groups excluding carboxylic acids is 8. The predicted molar refractivity (Wildman–Crippen MR) is 313 cm³/mol. The quantitative estimate of drug-likeness (QED) is 0.0373. The van der Waals surface area contributed by atoms with Crippen molar-refractivity contribution in [2.24, 2.45) is 65.3 Å². The zero-order valence-corrected chi connectivity index (χ0v) is 55.1. The van der Waals surface area contributed by atoms with Crippen molar-refractivity contribution in [2.45, 2.75) is 170 Å². The first-order valence-electron chi connectivity index (χ1n) is 28.6. The van der Waals surface area contributed by atoms with E-state index in [4.69, 9.17) is 81.5 Å². The Labute approximate surface area is 527 Å². The smallest absolute Gasteiger partial charge is 0.862 e. The van der Waals surface area contributed by atoms with Crippen LogP contribution in [0, 0.1) is 69.0 Å². The molecule has 2 N–H and O–H groups in total. The molecular formula is C62H87CoN8O17. The third-order valence-corrected chi connectivity index (χ3v) is 18.2. The first-order valence-corrected chi connectivity index (χ1v) is 28.6. The summed E-state index contributed by atoms with van der Waals surface area (Å²) in [5, 5.41) is 33.5. The normalized spacial score (nSPS) is 29.0. The van der Waals surface area contributed by atoms with Crippen LogP contribution in [0.4, 0.5) is 4.79 Å². The van der Waals surface area contributed by atoms with Gasteiger partial charge in [0.15, 0.2) is 0 Å². The minimum Gasteiger partial charge on any atom is -0.862 e. The second kappa shape index (κ2) is 31.6. The molecule has 0 radical (unpaired) electrons. The molecule has 1 fully saturated rings. The summed E-state index contributed by atoms with van der Waals surface area (Å²) in [6, 6.07) is -1.01. The molecule has 0 aromatic rings. The fraction of sp³-hybridized carbons (Fsp3) is 0.677. The molecule has 25 nitrogen and oxygen atoms in total. The number of amides is 1. The molecule has 5 rings (SSSR count). The summed E-state index contributed by atoms with van der Waals surface area (Å²) in [6.45, 7) is 29.4. The Morgan fingerprint density at radius 3 is 1.61 bits per heavy atom. The van der Waals surface area contributed by atoms with Crippen LogP contribution >= 0.6 is 0 Å². The van der Waals surface area contributed by atoms with Gasteiger partial charge < -0.3 is 77.3 Å². The van der Waals surface area contributed by atoms with E-state index in [1.807, 2.05) is 48.5 Å². The van der Waals surface area contributed by atoms with E-state index in [-0.39, 0.29) is 112 Å². The molecule has 0 spiro atoms. The number of methoxy groups -OCH3 is 7. The summed E-state index contributed by atoms with van der Waals surface area (Å²) >= 11 is 0. The molecule has 5 heterocycles. The molecule has 5 aliphatic rings. The molecule has 486 valence electrons. The number of alkyl carbamates (subject to hydrolysis) is 1. The number of nitrogens with one attached hydrogen (secondary N) is 2. The van der Waals surface area contributed by atoms with Gasteiger partial charge in [-0.25, -0.2) is 4.79 Å². The first-order chi connectivity index (χ1) is 40.7. The molecule has 0 aliphatic carbocycles. The molecule has 0 aromatic carbocycles. The SMILES string of the molecule is COC(=O)CC[C@@H]1/C2=C(\C)C3=NC([C@H](CC(=O)OC)[C@@]3(C)CCC(=O)OC)[C@]3(C)N=C(/C(C)=C4\N/C(=C(/N=C([O-])CCNC(=O)OC(C)(C)C)C(=N2)C1(C)C)[C@@H](CCC(=O)OC)[C@]4(C)CC(=O)OC)[C@@H](CCC(=O)OC)[C@]3(C)CC(=O)OC.[C-]#N.[C-]#N.[Co+3]. The van der Waals surface area contributed by atoms with Crippen LogP contribution in [-0.2, 0) is 88.2 Å². The average molecular weight is 1280 g/mol. The number of fused-ring (bicyclic) bond motifs is 6. The fourth-order valence-electron chi connectivity index (χ4n) is 13.3. The van der Waals surface area contributed by atoms with Crippen molar-refractivity contribution in [3.63, 3.8) is 0 Å². The van der Waals surface area contributed by atoms with Crippen LogP contribution in [0.5, 0.6) is 0 Å². The molecular weight excluding hydrogens is 1190 g/mol. The zero-order chi connectivity index (χ0) is 66.4. The second-order valence-electron chi connectivity index (χ2n) is 24.6. The summed E-state index contributed by atoms with van der Waals surface area (Å²) < 4.78 is 42.5. The Hall–Kier alpha value is -7.45. The van der Waals surface area contributed by atoms with Gasteiger partial charge in [-0.1, -0.05) is 34.6 Å². The van der Waals surface area contributed by atoms with Crippen LogP contribution < -0.4 is 15.7 Å². The molecule has 0 saturated carbocycles. The van der Waals surface area contributed by atoms with Gasteiger partial charge in [-0.15, -0.1) is 0 Å². The van der Waals surface area contributed by atoms with Crippen LogP contribution in [0.1, 0.15) is 153 Å². The van der Waals surface area contributed by atoms with Gasteiger partial charge >= 0.3 is 64.7 Å². The maximum absolute atomic E-state index is 14.7. The van der Waals surface area contributed by atoms with E-state index in [0.717, 1.165) is 0 Å². The van der Waals surface area contributed by atoms with Crippen LogP contribution in [0.2, 0.25) is 0 Å². The number of nitrogens with zero attached hydrogens (tertiary/aromatic N) is 6. The van der Waals surface area contributed by atoms with E-state index in [0.29, 0.717) is 39.7 Å². The number of carbonyl (C=O) groups is 8. The van der Waals surface area contributed by atoms with Crippen molar-refractivity contribution in [1.82, 2.24) is 10.6 Å². The Morgan fingerprint density at radius 1 is 0.636 bits per heavy atom. The maximum atomic E-state index is 14.7. The van der Waals surface area contributed by atoms with Crippen LogP contribution in [0.15, 0.2) is 53.9 Å². The van der Waals surface area contributed by atoms with Gasteiger partial charge in [0.1, 0.15) is 11.3 Å². The average Bonchev–Trinajstić information content (AvgIpc) is 1.67. The Bertz CT molecular complexity index is 2930. The largest absolute Gasteiger partial charge is 3.00 e. The molecule has 88 heavy (non-hydrogen) atoms. The number of ether oxygens (including phenoxy) is 8. The van der Waals surface area contributed by atoms with Crippen molar-refractivity contribution in [3.05, 3.63) is 47.1 Å². The van der Waals surface area contributed by atoms with Gasteiger partial charge in [0, 0.05) is 106 Å². The van der Waals surface area contributed by atoms with E-state index in [2.05, 4.69) is 10.6 Å². The van der Waals surface area contributed by atoms with Gasteiger partial charge in [-0.2, -0.15) is 0 Å². The van der Waals surface area contributed by atoms with Gasteiger partial charge in [0.25, 0.3) is 0 Å². The number of hydrogen-bond acceptors (Lipinski definition) is 24. The standard InChI is InChI=1S/C60H88N6O17.2CN.Co/c1-32-46-34(19-22-39(68)76-12)56(6,7)53(63-46)49(62-38(67)26-28-61-54(75)83-55(3,4)5)48-35(20-23-40(69)77-13)58(9,30-44(73)81-17)51(64-48)33(2)47-36(21-24-41(70)78-14)59(10,31-45(74)82-18)60(11,66-47)52-37(29-43(72)80-16)57(8,50(32)65-52)27-25-42(71)79-15;2*1-2;/h34-37,52,64H,19-31H2,1-18H3,(H,61,75)(H,62,67);;;/q;2*-1;+3/p-1/b46-32-,49-48+,51-33-;;;/t34-,35-,36-,37+,52?,57-,58+,59+,60+;;;/m1.../s1. The summed E-state index contributed by atoms with van der Waals surface area (Å²) in [7, 11) is 8.88. The third-order valence-electron chi connectivity index (χ3n) is 18.2. The molecule has 26 heteroatoms. The number of hydrogen-bond donors (Lipinski definition) is 2. The summed E-state index contributed by atoms with van der Waals surface area (Å²) in [4.78, 5) is 131. The zero-order valence-electron chi connectivity index (χ0n) is 54.0. The van der Waals surface area contributed by atoms with Crippen LogP contribution in [-0.4, -0.2) is 144 Å². The van der Waals surface area contributed by atoms with Gasteiger partial charge in [-0.05, 0) is 90.7 Å². The van der Waals surface area contributed by atoms with Crippen molar-refractivity contribution in [3.8, 4) is 0 Å². The number of esters is 7. The Kier molecular flexibility index (Phi) is 27.6. The monoisotopic (exact) mass is 1270 g/mol. The van der Waals surface area contributed by atoms with Gasteiger partial charge in [0.05, 0.1) is 86.3 Å². The minimum atomic E-state index is -1.49. The van der Waals surface area contributed by atoms with Crippen molar-refractivity contribution < 1.29 is 98.1 Å². The van der Waals surface area contributed by atoms with Gasteiger partial charge in [0.2, 0.25) is 0 Å². The maximum Gasteiger partial charge on any atom is 3.00 e. The molecule has 1 amide bonds. The van der Waals surface area contributed by atoms with E-state index in [9.17, 15) is 43.5 Å². The van der Waals surface area contributed by atoms with Crippen molar-refractivity contribution >= 4 is 70.9 Å². The molecule has 1 unspecified atom stereocenters. The number of rotatable bonds is 22. The fourth-order valence-corrected chi connectivity index (χ4v) is 13.3. The molecule has 5 aliphatic heterocycles. The predicted octanol–water partition coefficient (Wildman–Crippen LogP) is 6.73. The van der Waals surface area contributed by atoms with Crippen LogP contribution in [0.3, 0.4) is 0 Å². The van der Waals surface area contributed by atoms with E-state index in [1.54, 1.807) is 27.7 Å². The van der Waals surface area contributed by atoms with E-state index < -0.39 is 116 Å². The Balaban J connectivity index is 0.00000517. The first kappa shape index (κ1) is 76.6. The van der Waals surface area contributed by atoms with Crippen molar-refractivity contribution in [1.29, 1.82) is 10.5 Å².